The maximum absolute atomic E-state index is 2.54. The molecular weight excluding hydrogens is 701 g/mol. The van der Waals surface area contributed by atoms with Gasteiger partial charge in [0.2, 0.25) is 0 Å². The quantitative estimate of drug-likeness (QED) is 0.171. The molecule has 3 aliphatic rings. The third-order valence-corrected chi connectivity index (χ3v) is 13.9. The van der Waals surface area contributed by atoms with Crippen LogP contribution < -0.4 is 0 Å². The van der Waals surface area contributed by atoms with Gasteiger partial charge in [0.25, 0.3) is 0 Å². The molecule has 2 heteroatoms. The van der Waals surface area contributed by atoms with Gasteiger partial charge in [-0.3, -0.25) is 0 Å². The molecule has 10 aromatic rings. The summed E-state index contributed by atoms with van der Waals surface area (Å²) in [4.78, 5) is 0. The lowest BCUT2D eigenvalue weighted by atomic mass is 9.61. The van der Waals surface area contributed by atoms with Crippen LogP contribution >= 0.6 is 0 Å². The van der Waals surface area contributed by atoms with Gasteiger partial charge in [-0.25, -0.2) is 0 Å². The summed E-state index contributed by atoms with van der Waals surface area (Å²) in [5.74, 6) is 0.242. The van der Waals surface area contributed by atoms with Crippen LogP contribution in [0.4, 0.5) is 0 Å². The Kier molecular flexibility index (Phi) is 6.32. The second kappa shape index (κ2) is 11.5. The van der Waals surface area contributed by atoms with Crippen LogP contribution in [0.3, 0.4) is 0 Å². The standard InChI is InChI=1S/C56H38N2/c1-55-33-15-14-26-52(55)56(47-24-12-11-23-46(47)55)45-22-10-8-21-42(45)53-48(56)30-29-41-44-35-37(28-32-51(44)58(54(41)53)39-18-6-3-7-19-39)36-27-31-50-43(34-36)40-20-9-13-25-49(40)57(50)38-16-4-2-5-17-38/h2-35,52H,1H3. The van der Waals surface area contributed by atoms with Gasteiger partial charge in [-0.05, 0) is 93.5 Å². The summed E-state index contributed by atoms with van der Waals surface area (Å²) < 4.78 is 4.93. The lowest BCUT2D eigenvalue weighted by Gasteiger charge is -2.40. The summed E-state index contributed by atoms with van der Waals surface area (Å²) in [7, 11) is 0. The molecule has 58 heavy (non-hydrogen) atoms. The van der Waals surface area contributed by atoms with Crippen LogP contribution in [0.15, 0.2) is 206 Å². The smallest absolute Gasteiger partial charge is 0.0622 e. The van der Waals surface area contributed by atoms with Gasteiger partial charge in [-0.15, -0.1) is 0 Å². The number of para-hydroxylation sites is 3. The van der Waals surface area contributed by atoms with Crippen molar-refractivity contribution in [3.8, 4) is 33.6 Å². The van der Waals surface area contributed by atoms with Gasteiger partial charge in [-0.2, -0.15) is 0 Å². The van der Waals surface area contributed by atoms with E-state index in [0.29, 0.717) is 0 Å². The first-order valence-electron chi connectivity index (χ1n) is 20.5. The highest BCUT2D eigenvalue weighted by Crippen LogP contribution is 2.68. The number of nitrogens with zero attached hydrogens (tertiary/aromatic N) is 2. The summed E-state index contributed by atoms with van der Waals surface area (Å²) >= 11 is 0. The van der Waals surface area contributed by atoms with Crippen molar-refractivity contribution in [1.29, 1.82) is 0 Å². The molecule has 8 aromatic carbocycles. The number of hydrogen-bond acceptors (Lipinski definition) is 0. The summed E-state index contributed by atoms with van der Waals surface area (Å²) in [5.41, 5.74) is 17.7. The highest BCUT2D eigenvalue weighted by atomic mass is 15.0. The molecule has 0 saturated carbocycles. The van der Waals surface area contributed by atoms with Crippen LogP contribution in [0.5, 0.6) is 0 Å². The molecule has 3 atom stereocenters. The normalized spacial score (nSPS) is 20.0. The van der Waals surface area contributed by atoms with Gasteiger partial charge in [0.1, 0.15) is 0 Å². The monoisotopic (exact) mass is 738 g/mol. The minimum atomic E-state index is -0.315. The van der Waals surface area contributed by atoms with Crippen LogP contribution in [0.2, 0.25) is 0 Å². The van der Waals surface area contributed by atoms with Crippen molar-refractivity contribution in [2.24, 2.45) is 5.92 Å². The van der Waals surface area contributed by atoms with Crippen LogP contribution in [0.25, 0.3) is 77.2 Å². The fourth-order valence-electron chi connectivity index (χ4n) is 11.6. The molecule has 1 spiro atoms. The van der Waals surface area contributed by atoms with Gasteiger partial charge >= 0.3 is 0 Å². The topological polar surface area (TPSA) is 9.86 Å². The molecule has 3 aliphatic carbocycles. The van der Waals surface area contributed by atoms with Crippen molar-refractivity contribution in [2.45, 2.75) is 17.8 Å². The largest absolute Gasteiger partial charge is 0.309 e. The second-order valence-electron chi connectivity index (χ2n) is 16.6. The SMILES string of the molecule is CC12C=CC=CC1C1(c3ccccc3-c3c1ccc1c4cc(-c5ccc6c(c5)c5ccccc5n6-c5ccccc5)ccc4n(-c4ccccc4)c31)c1ccccc12. The average molecular weight is 739 g/mol. The summed E-state index contributed by atoms with van der Waals surface area (Å²) in [5, 5.41) is 5.07. The van der Waals surface area contributed by atoms with Gasteiger partial charge in [0.15, 0.2) is 0 Å². The first-order chi connectivity index (χ1) is 28.7. The molecule has 3 unspecified atom stereocenters. The van der Waals surface area contributed by atoms with Gasteiger partial charge < -0.3 is 9.13 Å². The number of allylic oxidation sites excluding steroid dienone is 4. The van der Waals surface area contributed by atoms with Gasteiger partial charge in [0, 0.05) is 49.8 Å². The van der Waals surface area contributed by atoms with E-state index in [0.717, 1.165) is 0 Å². The van der Waals surface area contributed by atoms with Crippen molar-refractivity contribution < 1.29 is 0 Å². The fourth-order valence-corrected chi connectivity index (χ4v) is 11.6. The zero-order valence-electron chi connectivity index (χ0n) is 32.1. The fraction of sp³-hybridized carbons (Fsp3) is 0.0714. The van der Waals surface area contributed by atoms with Crippen LogP contribution in [-0.4, -0.2) is 9.13 Å². The molecule has 2 heterocycles. The lowest BCUT2D eigenvalue weighted by molar-refractivity contribution is 0.372. The van der Waals surface area contributed by atoms with E-state index >= 15 is 0 Å². The summed E-state index contributed by atoms with van der Waals surface area (Å²) in [6, 6.07) is 68.0. The highest BCUT2D eigenvalue weighted by molar-refractivity contribution is 6.17. The number of hydrogen-bond donors (Lipinski definition) is 0. The minimum Gasteiger partial charge on any atom is -0.309 e. The Bertz CT molecular complexity index is 3410. The molecule has 0 fully saturated rings. The maximum Gasteiger partial charge on any atom is 0.0622 e. The molecule has 0 bridgehead atoms. The Morgan fingerprint density at radius 1 is 0.431 bits per heavy atom. The Hall–Kier alpha value is -7.16. The molecular formula is C56H38N2. The van der Waals surface area contributed by atoms with Crippen molar-refractivity contribution in [3.63, 3.8) is 0 Å². The van der Waals surface area contributed by atoms with Crippen molar-refractivity contribution in [1.82, 2.24) is 9.13 Å². The molecule has 13 rings (SSSR count). The zero-order chi connectivity index (χ0) is 38.2. The average Bonchev–Trinajstić information content (AvgIpc) is 3.97. The van der Waals surface area contributed by atoms with E-state index in [2.05, 4.69) is 222 Å². The van der Waals surface area contributed by atoms with Crippen molar-refractivity contribution in [3.05, 3.63) is 229 Å². The predicted molar refractivity (Wildman–Crippen MR) is 241 cm³/mol. The minimum absolute atomic E-state index is 0.120. The van der Waals surface area contributed by atoms with Crippen molar-refractivity contribution >= 4 is 43.6 Å². The number of aromatic nitrogens is 2. The molecule has 272 valence electrons. The summed E-state index contributed by atoms with van der Waals surface area (Å²) in [6.45, 7) is 2.45. The van der Waals surface area contributed by atoms with Gasteiger partial charge in [0.05, 0.1) is 27.5 Å². The van der Waals surface area contributed by atoms with Gasteiger partial charge in [-0.1, -0.05) is 159 Å². The number of rotatable bonds is 3. The zero-order valence-corrected chi connectivity index (χ0v) is 32.1. The number of fused-ring (bicyclic) bond motifs is 17. The van der Waals surface area contributed by atoms with Crippen LogP contribution in [0.1, 0.15) is 29.2 Å². The third-order valence-electron chi connectivity index (χ3n) is 13.9. The van der Waals surface area contributed by atoms with E-state index in [4.69, 9.17) is 0 Å². The highest BCUT2D eigenvalue weighted by Gasteiger charge is 2.61. The molecule has 0 saturated heterocycles. The molecule has 0 aliphatic heterocycles. The molecule has 0 amide bonds. The Morgan fingerprint density at radius 2 is 1.02 bits per heavy atom. The van der Waals surface area contributed by atoms with E-state index in [-0.39, 0.29) is 16.7 Å². The predicted octanol–water partition coefficient (Wildman–Crippen LogP) is 13.9. The summed E-state index contributed by atoms with van der Waals surface area (Å²) in [6.07, 6.45) is 9.46. The van der Waals surface area contributed by atoms with E-state index in [1.165, 1.54) is 99.5 Å². The second-order valence-corrected chi connectivity index (χ2v) is 16.6. The Morgan fingerprint density at radius 3 is 1.78 bits per heavy atom. The van der Waals surface area contributed by atoms with E-state index in [9.17, 15) is 0 Å². The third kappa shape index (κ3) is 3.92. The van der Waals surface area contributed by atoms with E-state index in [1.54, 1.807) is 0 Å². The molecule has 0 radical (unpaired) electrons. The molecule has 0 N–H and O–H groups in total. The molecule has 2 aromatic heterocycles. The molecule has 2 nitrogen and oxygen atoms in total. The van der Waals surface area contributed by atoms with Crippen molar-refractivity contribution in [2.75, 3.05) is 0 Å². The maximum atomic E-state index is 2.54. The Labute approximate surface area is 337 Å². The lowest BCUT2D eigenvalue weighted by Crippen LogP contribution is -2.38. The van der Waals surface area contributed by atoms with E-state index < -0.39 is 0 Å². The Balaban J connectivity index is 1.09. The first kappa shape index (κ1) is 32.0. The number of benzene rings is 8. The van der Waals surface area contributed by atoms with Crippen LogP contribution in [-0.2, 0) is 10.8 Å². The first-order valence-corrected chi connectivity index (χ1v) is 20.5. The van der Waals surface area contributed by atoms with E-state index in [1.807, 2.05) is 0 Å². The van der Waals surface area contributed by atoms with Crippen LogP contribution in [0, 0.1) is 5.92 Å².